The van der Waals surface area contributed by atoms with Gasteiger partial charge in [-0.1, -0.05) is 82.5 Å². The number of hydrogen-bond acceptors (Lipinski definition) is 5. The number of sulfonamides is 1. The minimum absolute atomic E-state index is 0.0700. The molecule has 0 bridgehead atoms. The average Bonchev–Trinajstić information content (AvgIpc) is 3.24. The van der Waals surface area contributed by atoms with Crippen LogP contribution in [0.4, 0.5) is 0 Å². The molecular weight excluding hydrogens is 559 g/mol. The zero-order valence-corrected chi connectivity index (χ0v) is 23.6. The summed E-state index contributed by atoms with van der Waals surface area (Å²) in [5.41, 5.74) is 4.01. The summed E-state index contributed by atoms with van der Waals surface area (Å²) >= 11 is 20.0. The van der Waals surface area contributed by atoms with Gasteiger partial charge in [-0.05, 0) is 62.2 Å². The highest BCUT2D eigenvalue weighted by molar-refractivity contribution is 7.98. The highest BCUT2D eigenvalue weighted by Crippen LogP contribution is 2.32. The van der Waals surface area contributed by atoms with Gasteiger partial charge in [-0.15, -0.1) is 10.2 Å². The lowest BCUT2D eigenvalue weighted by atomic mass is 10.2. The number of benzene rings is 3. The third-order valence-corrected chi connectivity index (χ3v) is 8.92. The first-order valence-corrected chi connectivity index (χ1v) is 14.5. The predicted molar refractivity (Wildman–Crippen MR) is 147 cm³/mol. The van der Waals surface area contributed by atoms with Gasteiger partial charge < -0.3 is 0 Å². The molecule has 36 heavy (non-hydrogen) atoms. The number of thioether (sulfide) groups is 1. The van der Waals surface area contributed by atoms with Gasteiger partial charge in [-0.2, -0.15) is 0 Å². The number of nitrogens with zero attached hydrogens (tertiary/aromatic N) is 3. The van der Waals surface area contributed by atoms with Crippen LogP contribution in [0.5, 0.6) is 0 Å². The number of aryl methyl sites for hydroxylation is 2. The monoisotopic (exact) mass is 580 g/mol. The molecule has 0 aliphatic rings. The van der Waals surface area contributed by atoms with Gasteiger partial charge in [0.15, 0.2) is 11.0 Å². The Morgan fingerprint density at radius 1 is 0.972 bits per heavy atom. The van der Waals surface area contributed by atoms with Crippen LogP contribution in [0.2, 0.25) is 15.1 Å². The summed E-state index contributed by atoms with van der Waals surface area (Å²) in [6.07, 6.45) is 0. The third-order valence-electron chi connectivity index (χ3n) is 5.42. The Kier molecular flexibility index (Phi) is 8.34. The highest BCUT2D eigenvalue weighted by Gasteiger charge is 2.27. The van der Waals surface area contributed by atoms with Gasteiger partial charge in [0.05, 0.1) is 16.8 Å². The van der Waals surface area contributed by atoms with Crippen LogP contribution < -0.4 is 4.72 Å². The van der Waals surface area contributed by atoms with Crippen molar-refractivity contribution < 1.29 is 8.42 Å². The number of rotatable bonds is 8. The second kappa shape index (κ2) is 11.1. The van der Waals surface area contributed by atoms with Crippen LogP contribution in [0, 0.1) is 13.8 Å². The molecule has 0 aliphatic carbocycles. The summed E-state index contributed by atoms with van der Waals surface area (Å²) in [5, 5.41) is 10.3. The van der Waals surface area contributed by atoms with E-state index in [1.54, 1.807) is 13.0 Å². The minimum Gasteiger partial charge on any atom is -0.272 e. The normalized spacial score (nSPS) is 12.6. The fourth-order valence-electron chi connectivity index (χ4n) is 3.69. The van der Waals surface area contributed by atoms with Gasteiger partial charge in [-0.25, -0.2) is 13.1 Å². The Labute approximate surface area is 230 Å². The van der Waals surface area contributed by atoms with E-state index in [4.69, 9.17) is 34.8 Å². The molecule has 0 saturated carbocycles. The number of hydrogen-bond donors (Lipinski definition) is 1. The predicted octanol–water partition coefficient (Wildman–Crippen LogP) is 7.18. The number of halogens is 3. The lowest BCUT2D eigenvalue weighted by molar-refractivity contribution is 0.556. The quantitative estimate of drug-likeness (QED) is 0.223. The first kappa shape index (κ1) is 27.0. The first-order valence-electron chi connectivity index (χ1n) is 10.9. The Balaban J connectivity index is 1.73. The molecule has 4 rings (SSSR count). The van der Waals surface area contributed by atoms with Crippen molar-refractivity contribution in [2.45, 2.75) is 42.6 Å². The van der Waals surface area contributed by atoms with Crippen LogP contribution in [0.25, 0.3) is 5.69 Å². The van der Waals surface area contributed by atoms with Crippen LogP contribution in [0.3, 0.4) is 0 Å². The summed E-state index contributed by atoms with van der Waals surface area (Å²) < 4.78 is 30.8. The van der Waals surface area contributed by atoms with Gasteiger partial charge in [-0.3, -0.25) is 4.57 Å². The van der Waals surface area contributed by atoms with Crippen molar-refractivity contribution in [1.82, 2.24) is 19.5 Å². The molecule has 0 aliphatic heterocycles. The van der Waals surface area contributed by atoms with Gasteiger partial charge in [0.2, 0.25) is 10.0 Å². The summed E-state index contributed by atoms with van der Waals surface area (Å²) in [5.74, 6) is 1.08. The Bertz CT molecular complexity index is 1520. The van der Waals surface area contributed by atoms with Crippen LogP contribution in [-0.4, -0.2) is 23.2 Å². The smallest absolute Gasteiger partial charge is 0.242 e. The highest BCUT2D eigenvalue weighted by atomic mass is 35.5. The second-order valence-electron chi connectivity index (χ2n) is 8.30. The minimum atomic E-state index is -4.01. The van der Waals surface area contributed by atoms with Crippen LogP contribution in [-0.2, 0) is 15.8 Å². The molecular formula is C25H23Cl3N4O2S2. The Hall–Kier alpha value is -2.07. The number of nitrogens with one attached hydrogen (secondary N) is 1. The van der Waals surface area contributed by atoms with Crippen molar-refractivity contribution in [2.24, 2.45) is 0 Å². The molecule has 1 aromatic heterocycles. The second-order valence-corrected chi connectivity index (χ2v) is 12.2. The maximum Gasteiger partial charge on any atom is 0.242 e. The van der Waals surface area contributed by atoms with E-state index in [-0.39, 0.29) is 14.9 Å². The molecule has 0 radical (unpaired) electrons. The molecule has 3 aromatic carbocycles. The topological polar surface area (TPSA) is 76.9 Å². The summed E-state index contributed by atoms with van der Waals surface area (Å²) in [4.78, 5) is -0.109. The van der Waals surface area contributed by atoms with Crippen molar-refractivity contribution >= 4 is 56.6 Å². The van der Waals surface area contributed by atoms with Crippen molar-refractivity contribution in [3.05, 3.63) is 98.2 Å². The van der Waals surface area contributed by atoms with Crippen LogP contribution >= 0.6 is 46.6 Å². The van der Waals surface area contributed by atoms with Crippen molar-refractivity contribution in [3.63, 3.8) is 0 Å². The van der Waals surface area contributed by atoms with Crippen molar-refractivity contribution in [1.29, 1.82) is 0 Å². The molecule has 0 saturated heterocycles. The molecule has 1 unspecified atom stereocenters. The largest absolute Gasteiger partial charge is 0.272 e. The van der Waals surface area contributed by atoms with E-state index in [9.17, 15) is 8.42 Å². The fraction of sp³-hybridized carbons (Fsp3) is 0.200. The summed E-state index contributed by atoms with van der Waals surface area (Å²) in [6, 6.07) is 17.3. The molecule has 1 atom stereocenters. The van der Waals surface area contributed by atoms with E-state index in [0.717, 1.165) is 16.8 Å². The molecule has 1 heterocycles. The van der Waals surface area contributed by atoms with Gasteiger partial charge >= 0.3 is 0 Å². The Morgan fingerprint density at radius 3 is 2.44 bits per heavy atom. The van der Waals surface area contributed by atoms with Gasteiger partial charge in [0, 0.05) is 15.8 Å². The molecule has 11 heteroatoms. The molecule has 1 N–H and O–H groups in total. The SMILES string of the molecule is Cc1cccc(CSc2nnc(C(C)NS(=O)(=O)c3cc(Cl)ccc3Cl)n2-c2cc(Cl)ccc2C)c1. The maximum absolute atomic E-state index is 13.2. The summed E-state index contributed by atoms with van der Waals surface area (Å²) in [7, 11) is -4.01. The Morgan fingerprint density at radius 2 is 1.69 bits per heavy atom. The molecule has 0 spiro atoms. The third kappa shape index (κ3) is 6.07. The van der Waals surface area contributed by atoms with Crippen molar-refractivity contribution in [2.75, 3.05) is 0 Å². The number of aromatic nitrogens is 3. The van der Waals surface area contributed by atoms with E-state index in [2.05, 4.69) is 27.1 Å². The first-order chi connectivity index (χ1) is 17.0. The average molecular weight is 582 g/mol. The van der Waals surface area contributed by atoms with E-state index in [0.29, 0.717) is 21.8 Å². The maximum atomic E-state index is 13.2. The van der Waals surface area contributed by atoms with E-state index in [1.807, 2.05) is 42.7 Å². The lowest BCUT2D eigenvalue weighted by Gasteiger charge is -2.18. The van der Waals surface area contributed by atoms with E-state index < -0.39 is 16.1 Å². The zero-order chi connectivity index (χ0) is 26.0. The van der Waals surface area contributed by atoms with E-state index >= 15 is 0 Å². The lowest BCUT2D eigenvalue weighted by Crippen LogP contribution is -2.29. The fourth-order valence-corrected chi connectivity index (χ4v) is 6.71. The van der Waals surface area contributed by atoms with Crippen LogP contribution in [0.15, 0.2) is 70.7 Å². The molecule has 6 nitrogen and oxygen atoms in total. The zero-order valence-electron chi connectivity index (χ0n) is 19.7. The van der Waals surface area contributed by atoms with Gasteiger partial charge in [0.1, 0.15) is 4.90 Å². The van der Waals surface area contributed by atoms with Crippen LogP contribution in [0.1, 0.15) is 35.5 Å². The van der Waals surface area contributed by atoms with Crippen molar-refractivity contribution in [3.8, 4) is 5.69 Å². The molecule has 0 amide bonds. The van der Waals surface area contributed by atoms with E-state index in [1.165, 1.54) is 35.5 Å². The molecule has 4 aromatic rings. The standard InChI is InChI=1S/C25H23Cl3N4O2S2/c1-15-5-4-6-18(11-15)14-35-25-30-29-24(32(25)22-12-19(26)8-7-16(22)2)17(3)31-36(33,34)23-13-20(27)9-10-21(23)28/h4-13,17,31H,14H2,1-3H3. The molecule has 0 fully saturated rings. The van der Waals surface area contributed by atoms with Gasteiger partial charge in [0.25, 0.3) is 0 Å². The molecule has 188 valence electrons. The summed E-state index contributed by atoms with van der Waals surface area (Å²) in [6.45, 7) is 5.69.